The standard InChI is InChI=1S/C11H19NO3/c1-9(2)8-15-7-6-12-5-4-10(12)11(13)14-3/h10H,1,4-8H2,2-3H3. The number of carbonyl (C=O) groups is 1. The number of hydrogen-bond donors (Lipinski definition) is 0. The topological polar surface area (TPSA) is 38.8 Å². The van der Waals surface area contributed by atoms with Gasteiger partial charge in [-0.15, -0.1) is 0 Å². The predicted octanol–water partition coefficient (Wildman–Crippen LogP) is 0.826. The molecule has 4 nitrogen and oxygen atoms in total. The lowest BCUT2D eigenvalue weighted by Crippen LogP contribution is -2.53. The zero-order valence-electron chi connectivity index (χ0n) is 9.49. The van der Waals surface area contributed by atoms with Crippen LogP contribution < -0.4 is 0 Å². The Morgan fingerprint density at radius 2 is 2.33 bits per heavy atom. The lowest BCUT2D eigenvalue weighted by Gasteiger charge is -2.38. The van der Waals surface area contributed by atoms with Gasteiger partial charge in [-0.25, -0.2) is 0 Å². The van der Waals surface area contributed by atoms with Gasteiger partial charge in [0, 0.05) is 13.1 Å². The fraction of sp³-hybridized carbons (Fsp3) is 0.727. The van der Waals surface area contributed by atoms with Crippen LogP contribution in [0.2, 0.25) is 0 Å². The fourth-order valence-corrected chi connectivity index (χ4v) is 1.54. The molecule has 1 saturated heterocycles. The summed E-state index contributed by atoms with van der Waals surface area (Å²) in [6.07, 6.45) is 0.896. The quantitative estimate of drug-likeness (QED) is 0.372. The molecule has 4 heteroatoms. The van der Waals surface area contributed by atoms with Gasteiger partial charge in [-0.1, -0.05) is 12.2 Å². The largest absolute Gasteiger partial charge is 0.468 e. The molecule has 1 atom stereocenters. The van der Waals surface area contributed by atoms with Crippen LogP contribution in [0.4, 0.5) is 0 Å². The summed E-state index contributed by atoms with van der Waals surface area (Å²) in [7, 11) is 1.43. The number of esters is 1. The minimum atomic E-state index is -0.138. The maximum Gasteiger partial charge on any atom is 0.323 e. The number of methoxy groups -OCH3 is 1. The molecular formula is C11H19NO3. The van der Waals surface area contributed by atoms with Gasteiger partial charge in [0.15, 0.2) is 0 Å². The second-order valence-corrected chi connectivity index (χ2v) is 3.87. The molecule has 0 amide bonds. The third-order valence-electron chi connectivity index (χ3n) is 2.48. The number of nitrogens with zero attached hydrogens (tertiary/aromatic N) is 1. The number of hydrogen-bond acceptors (Lipinski definition) is 4. The van der Waals surface area contributed by atoms with E-state index in [9.17, 15) is 4.79 Å². The third-order valence-corrected chi connectivity index (χ3v) is 2.48. The average molecular weight is 213 g/mol. The molecule has 1 aliphatic heterocycles. The van der Waals surface area contributed by atoms with Gasteiger partial charge in [0.05, 0.1) is 20.3 Å². The van der Waals surface area contributed by atoms with Gasteiger partial charge in [-0.2, -0.15) is 0 Å². The van der Waals surface area contributed by atoms with E-state index in [-0.39, 0.29) is 12.0 Å². The van der Waals surface area contributed by atoms with Crippen LogP contribution in [-0.2, 0) is 14.3 Å². The number of carbonyl (C=O) groups excluding carboxylic acids is 1. The number of ether oxygens (including phenoxy) is 2. The molecular weight excluding hydrogens is 194 g/mol. The van der Waals surface area contributed by atoms with Gasteiger partial charge >= 0.3 is 5.97 Å². The van der Waals surface area contributed by atoms with Crippen LogP contribution in [0, 0.1) is 0 Å². The lowest BCUT2D eigenvalue weighted by atomic mass is 10.0. The van der Waals surface area contributed by atoms with E-state index in [0.717, 1.165) is 25.1 Å². The Bertz CT molecular complexity index is 240. The summed E-state index contributed by atoms with van der Waals surface area (Å²) < 4.78 is 10.1. The van der Waals surface area contributed by atoms with Crippen LogP contribution in [0.1, 0.15) is 13.3 Å². The van der Waals surface area contributed by atoms with Crippen LogP contribution in [0.5, 0.6) is 0 Å². The third kappa shape index (κ3) is 3.64. The molecule has 0 N–H and O–H groups in total. The zero-order valence-corrected chi connectivity index (χ0v) is 9.49. The van der Waals surface area contributed by atoms with Crippen LogP contribution >= 0.6 is 0 Å². The van der Waals surface area contributed by atoms with Gasteiger partial charge in [0.1, 0.15) is 6.04 Å². The normalized spacial score (nSPS) is 20.8. The van der Waals surface area contributed by atoms with E-state index in [1.54, 1.807) is 0 Å². The van der Waals surface area contributed by atoms with Crippen molar-refractivity contribution in [3.63, 3.8) is 0 Å². The highest BCUT2D eigenvalue weighted by Crippen LogP contribution is 2.17. The van der Waals surface area contributed by atoms with E-state index in [0.29, 0.717) is 13.2 Å². The summed E-state index contributed by atoms with van der Waals surface area (Å²) in [5.74, 6) is -0.138. The predicted molar refractivity (Wildman–Crippen MR) is 57.6 cm³/mol. The average Bonchev–Trinajstić information content (AvgIpc) is 2.15. The van der Waals surface area contributed by atoms with Crippen molar-refractivity contribution in [2.45, 2.75) is 19.4 Å². The second kappa shape index (κ2) is 5.88. The summed E-state index contributed by atoms with van der Waals surface area (Å²) in [6.45, 7) is 8.65. The van der Waals surface area contributed by atoms with Gasteiger partial charge < -0.3 is 9.47 Å². The highest BCUT2D eigenvalue weighted by molar-refractivity contribution is 5.76. The van der Waals surface area contributed by atoms with Gasteiger partial charge in [0.25, 0.3) is 0 Å². The lowest BCUT2D eigenvalue weighted by molar-refractivity contribution is -0.152. The molecule has 1 rings (SSSR count). The van der Waals surface area contributed by atoms with E-state index in [2.05, 4.69) is 11.5 Å². The minimum Gasteiger partial charge on any atom is -0.468 e. The molecule has 0 radical (unpaired) electrons. The first-order chi connectivity index (χ1) is 7.15. The first kappa shape index (κ1) is 12.2. The molecule has 15 heavy (non-hydrogen) atoms. The molecule has 86 valence electrons. The van der Waals surface area contributed by atoms with Crippen LogP contribution in [-0.4, -0.2) is 50.3 Å². The maximum atomic E-state index is 11.2. The Labute approximate surface area is 90.8 Å². The van der Waals surface area contributed by atoms with Crippen molar-refractivity contribution in [3.05, 3.63) is 12.2 Å². The Hall–Kier alpha value is -0.870. The molecule has 1 fully saturated rings. The Balaban J connectivity index is 2.12. The van der Waals surface area contributed by atoms with E-state index < -0.39 is 0 Å². The van der Waals surface area contributed by atoms with E-state index >= 15 is 0 Å². The van der Waals surface area contributed by atoms with Crippen LogP contribution in [0.25, 0.3) is 0 Å². The first-order valence-electron chi connectivity index (χ1n) is 5.19. The van der Waals surface area contributed by atoms with Crippen molar-refractivity contribution >= 4 is 5.97 Å². The SMILES string of the molecule is C=C(C)COCCN1CCC1C(=O)OC. The molecule has 0 aromatic heterocycles. The Morgan fingerprint density at radius 3 is 2.80 bits per heavy atom. The van der Waals surface area contributed by atoms with Gasteiger partial charge in [0.2, 0.25) is 0 Å². The molecule has 1 unspecified atom stereocenters. The minimum absolute atomic E-state index is 0.0524. The Morgan fingerprint density at radius 1 is 1.60 bits per heavy atom. The fourth-order valence-electron chi connectivity index (χ4n) is 1.54. The van der Waals surface area contributed by atoms with Crippen molar-refractivity contribution in [2.75, 3.05) is 33.4 Å². The smallest absolute Gasteiger partial charge is 0.323 e. The molecule has 0 aromatic carbocycles. The van der Waals surface area contributed by atoms with E-state index in [1.165, 1.54) is 7.11 Å². The summed E-state index contributed by atoms with van der Waals surface area (Å²) >= 11 is 0. The van der Waals surface area contributed by atoms with Crippen molar-refractivity contribution < 1.29 is 14.3 Å². The first-order valence-corrected chi connectivity index (χ1v) is 5.19. The summed E-state index contributed by atoms with van der Waals surface area (Å²) in [5, 5.41) is 0. The van der Waals surface area contributed by atoms with E-state index in [1.807, 2.05) is 6.92 Å². The van der Waals surface area contributed by atoms with E-state index in [4.69, 9.17) is 9.47 Å². The van der Waals surface area contributed by atoms with Crippen molar-refractivity contribution in [2.24, 2.45) is 0 Å². The van der Waals surface area contributed by atoms with Crippen molar-refractivity contribution in [1.29, 1.82) is 0 Å². The highest BCUT2D eigenvalue weighted by atomic mass is 16.5. The maximum absolute atomic E-state index is 11.2. The highest BCUT2D eigenvalue weighted by Gasteiger charge is 2.34. The van der Waals surface area contributed by atoms with Crippen LogP contribution in [0.3, 0.4) is 0 Å². The Kier molecular flexibility index (Phi) is 4.78. The zero-order chi connectivity index (χ0) is 11.3. The molecule has 0 saturated carbocycles. The van der Waals surface area contributed by atoms with Gasteiger partial charge in [-0.3, -0.25) is 9.69 Å². The summed E-state index contributed by atoms with van der Waals surface area (Å²) in [4.78, 5) is 13.3. The summed E-state index contributed by atoms with van der Waals surface area (Å²) in [5.41, 5.74) is 1.02. The van der Waals surface area contributed by atoms with Crippen LogP contribution in [0.15, 0.2) is 12.2 Å². The molecule has 0 bridgehead atoms. The molecule has 1 heterocycles. The molecule has 0 aliphatic carbocycles. The monoisotopic (exact) mass is 213 g/mol. The number of rotatable bonds is 6. The number of likely N-dealkylation sites (tertiary alicyclic amines) is 1. The summed E-state index contributed by atoms with van der Waals surface area (Å²) in [6, 6.07) is -0.0524. The second-order valence-electron chi connectivity index (χ2n) is 3.87. The van der Waals surface area contributed by atoms with Crippen molar-refractivity contribution in [3.8, 4) is 0 Å². The van der Waals surface area contributed by atoms with Crippen molar-refractivity contribution in [1.82, 2.24) is 4.90 Å². The molecule has 1 aliphatic rings. The van der Waals surface area contributed by atoms with Gasteiger partial charge in [-0.05, 0) is 13.3 Å². The molecule has 0 aromatic rings. The molecule has 0 spiro atoms.